The average molecular weight is 383 g/mol. The van der Waals surface area contributed by atoms with E-state index in [1.165, 1.54) is 24.4 Å². The van der Waals surface area contributed by atoms with Crippen molar-refractivity contribution in [2.24, 2.45) is 0 Å². The second-order valence-corrected chi connectivity index (χ2v) is 6.08. The summed E-state index contributed by atoms with van der Waals surface area (Å²) >= 11 is 6.12. The molecule has 1 aromatic heterocycles. The zero-order chi connectivity index (χ0) is 19.2. The highest BCUT2D eigenvalue weighted by Crippen LogP contribution is 2.19. The Balaban J connectivity index is 1.70. The van der Waals surface area contributed by atoms with Crippen molar-refractivity contribution in [2.75, 3.05) is 5.32 Å². The van der Waals surface area contributed by atoms with Crippen LogP contribution in [-0.2, 0) is 6.61 Å². The number of aromatic nitrogens is 1. The molecule has 7 heteroatoms. The molecule has 0 aliphatic rings. The summed E-state index contributed by atoms with van der Waals surface area (Å²) < 4.78 is 5.68. The number of nitrogens with one attached hydrogen (secondary N) is 1. The van der Waals surface area contributed by atoms with Gasteiger partial charge in [-0.3, -0.25) is 4.79 Å². The van der Waals surface area contributed by atoms with Crippen LogP contribution in [0.3, 0.4) is 0 Å². The lowest BCUT2D eigenvalue weighted by atomic mass is 10.1. The maximum atomic E-state index is 12.4. The molecule has 6 nitrogen and oxygen atoms in total. The lowest BCUT2D eigenvalue weighted by Gasteiger charge is -2.09. The van der Waals surface area contributed by atoms with Gasteiger partial charge in [-0.25, -0.2) is 9.78 Å². The first kappa shape index (κ1) is 18.4. The lowest BCUT2D eigenvalue weighted by Crippen LogP contribution is -2.14. The van der Waals surface area contributed by atoms with Crippen molar-refractivity contribution in [3.05, 3.63) is 88.6 Å². The number of nitrogens with zero attached hydrogens (tertiary/aromatic N) is 1. The first-order valence-corrected chi connectivity index (χ1v) is 8.37. The standard InChI is InChI=1S/C20H15ClN2O4/c21-16-9-13(12-27-17-4-2-1-3-5-17)8-15(10-16)19(24)23-18-7-6-14(11-22-18)20(25)26/h1-11H,12H2,(H,25,26)(H,22,23,24). The predicted molar refractivity (Wildman–Crippen MR) is 101 cm³/mol. The predicted octanol–water partition coefficient (Wildman–Crippen LogP) is 4.26. The quantitative estimate of drug-likeness (QED) is 0.664. The normalized spacial score (nSPS) is 10.3. The van der Waals surface area contributed by atoms with Crippen LogP contribution in [0.15, 0.2) is 66.9 Å². The van der Waals surface area contributed by atoms with E-state index in [1.807, 2.05) is 30.3 Å². The van der Waals surface area contributed by atoms with Gasteiger partial charge in [-0.05, 0) is 48.0 Å². The molecule has 0 radical (unpaired) electrons. The fraction of sp³-hybridized carbons (Fsp3) is 0.0500. The van der Waals surface area contributed by atoms with E-state index in [9.17, 15) is 9.59 Å². The zero-order valence-electron chi connectivity index (χ0n) is 14.1. The van der Waals surface area contributed by atoms with E-state index in [2.05, 4.69) is 10.3 Å². The average Bonchev–Trinajstić information content (AvgIpc) is 2.67. The van der Waals surface area contributed by atoms with Gasteiger partial charge in [0, 0.05) is 16.8 Å². The highest BCUT2D eigenvalue weighted by atomic mass is 35.5. The van der Waals surface area contributed by atoms with Crippen LogP contribution >= 0.6 is 11.6 Å². The number of carboxylic acid groups (broad SMARTS) is 1. The fourth-order valence-electron chi connectivity index (χ4n) is 2.33. The number of para-hydroxylation sites is 1. The Labute approximate surface area is 160 Å². The largest absolute Gasteiger partial charge is 0.489 e. The molecule has 0 spiro atoms. The number of anilines is 1. The molecule has 0 unspecified atom stereocenters. The summed E-state index contributed by atoms with van der Waals surface area (Å²) in [5.74, 6) is -0.537. The SMILES string of the molecule is O=C(O)c1ccc(NC(=O)c2cc(Cl)cc(COc3ccccc3)c2)nc1. The summed E-state index contributed by atoms with van der Waals surface area (Å²) in [5, 5.41) is 11.9. The van der Waals surface area contributed by atoms with Crippen LogP contribution in [0.1, 0.15) is 26.3 Å². The van der Waals surface area contributed by atoms with Crippen molar-refractivity contribution >= 4 is 29.3 Å². The molecule has 0 fully saturated rings. The van der Waals surface area contributed by atoms with Gasteiger partial charge in [-0.15, -0.1) is 0 Å². The second-order valence-electron chi connectivity index (χ2n) is 5.64. The first-order valence-electron chi connectivity index (χ1n) is 7.99. The molecule has 1 amide bonds. The summed E-state index contributed by atoms with van der Waals surface area (Å²) in [6.07, 6.45) is 1.18. The van der Waals surface area contributed by atoms with Gasteiger partial charge in [0.05, 0.1) is 5.56 Å². The maximum Gasteiger partial charge on any atom is 0.337 e. The van der Waals surface area contributed by atoms with E-state index >= 15 is 0 Å². The van der Waals surface area contributed by atoms with Crippen LogP contribution in [-0.4, -0.2) is 22.0 Å². The van der Waals surface area contributed by atoms with Crippen molar-refractivity contribution in [2.45, 2.75) is 6.61 Å². The van der Waals surface area contributed by atoms with Gasteiger partial charge >= 0.3 is 5.97 Å². The van der Waals surface area contributed by atoms with Crippen LogP contribution in [0.25, 0.3) is 0 Å². The third kappa shape index (κ3) is 5.05. The second kappa shape index (κ2) is 8.33. The van der Waals surface area contributed by atoms with Crippen molar-refractivity contribution in [1.29, 1.82) is 0 Å². The molecule has 2 aromatic carbocycles. The number of rotatable bonds is 6. The van der Waals surface area contributed by atoms with E-state index in [-0.39, 0.29) is 18.0 Å². The number of aromatic carboxylic acids is 1. The van der Waals surface area contributed by atoms with E-state index in [4.69, 9.17) is 21.4 Å². The lowest BCUT2D eigenvalue weighted by molar-refractivity contribution is 0.0696. The molecule has 0 saturated carbocycles. The van der Waals surface area contributed by atoms with Crippen LogP contribution in [0.2, 0.25) is 5.02 Å². The Hall–Kier alpha value is -3.38. The van der Waals surface area contributed by atoms with Gasteiger partial charge in [0.2, 0.25) is 0 Å². The Kier molecular flexibility index (Phi) is 5.68. The minimum Gasteiger partial charge on any atom is -0.489 e. The van der Waals surface area contributed by atoms with Crippen molar-refractivity contribution in [3.63, 3.8) is 0 Å². The van der Waals surface area contributed by atoms with Gasteiger partial charge in [-0.1, -0.05) is 29.8 Å². The van der Waals surface area contributed by atoms with Gasteiger partial charge in [-0.2, -0.15) is 0 Å². The van der Waals surface area contributed by atoms with Crippen LogP contribution < -0.4 is 10.1 Å². The summed E-state index contributed by atoms with van der Waals surface area (Å²) in [5.41, 5.74) is 1.13. The van der Waals surface area contributed by atoms with E-state index < -0.39 is 11.9 Å². The van der Waals surface area contributed by atoms with Crippen LogP contribution in [0.5, 0.6) is 5.75 Å². The molecular formula is C20H15ClN2O4. The van der Waals surface area contributed by atoms with Crippen molar-refractivity contribution in [3.8, 4) is 5.75 Å². The number of carboxylic acids is 1. The number of carbonyl (C=O) groups is 2. The topological polar surface area (TPSA) is 88.5 Å². The number of halogens is 1. The molecule has 0 atom stereocenters. The molecular weight excluding hydrogens is 368 g/mol. The fourth-order valence-corrected chi connectivity index (χ4v) is 2.59. The zero-order valence-corrected chi connectivity index (χ0v) is 14.8. The molecule has 1 heterocycles. The molecule has 3 aromatic rings. The highest BCUT2D eigenvalue weighted by molar-refractivity contribution is 6.31. The Morgan fingerprint density at radius 3 is 2.48 bits per heavy atom. The number of ether oxygens (including phenoxy) is 1. The molecule has 27 heavy (non-hydrogen) atoms. The van der Waals surface area contributed by atoms with Gasteiger partial charge < -0.3 is 15.2 Å². The monoisotopic (exact) mass is 382 g/mol. The number of carbonyl (C=O) groups excluding carboxylic acids is 1. The molecule has 0 saturated heterocycles. The van der Waals surface area contributed by atoms with E-state index in [0.29, 0.717) is 16.3 Å². The van der Waals surface area contributed by atoms with Gasteiger partial charge in [0.15, 0.2) is 0 Å². The Morgan fingerprint density at radius 2 is 1.81 bits per heavy atom. The Bertz CT molecular complexity index is 959. The van der Waals surface area contributed by atoms with Crippen molar-refractivity contribution in [1.82, 2.24) is 4.98 Å². The molecule has 0 aliphatic heterocycles. The molecule has 0 bridgehead atoms. The molecule has 136 valence electrons. The first-order chi connectivity index (χ1) is 13.0. The molecule has 2 N–H and O–H groups in total. The third-order valence-corrected chi connectivity index (χ3v) is 3.84. The third-order valence-electron chi connectivity index (χ3n) is 3.62. The molecule has 0 aliphatic carbocycles. The Morgan fingerprint density at radius 1 is 1.04 bits per heavy atom. The highest BCUT2D eigenvalue weighted by Gasteiger charge is 2.11. The van der Waals surface area contributed by atoms with Gasteiger partial charge in [0.1, 0.15) is 18.2 Å². The summed E-state index contributed by atoms with van der Waals surface area (Å²) in [6, 6.07) is 17.0. The number of hydrogen-bond donors (Lipinski definition) is 2. The van der Waals surface area contributed by atoms with Crippen LogP contribution in [0.4, 0.5) is 5.82 Å². The van der Waals surface area contributed by atoms with Crippen LogP contribution in [0, 0.1) is 0 Å². The van der Waals surface area contributed by atoms with Gasteiger partial charge in [0.25, 0.3) is 5.91 Å². The minimum absolute atomic E-state index is 0.0381. The summed E-state index contributed by atoms with van der Waals surface area (Å²) in [6.45, 7) is 0.260. The maximum absolute atomic E-state index is 12.4. The minimum atomic E-state index is -1.08. The smallest absolute Gasteiger partial charge is 0.337 e. The van der Waals surface area contributed by atoms with E-state index in [0.717, 1.165) is 5.56 Å². The summed E-state index contributed by atoms with van der Waals surface area (Å²) in [4.78, 5) is 27.2. The number of benzene rings is 2. The van der Waals surface area contributed by atoms with Crippen molar-refractivity contribution < 1.29 is 19.4 Å². The number of amides is 1. The van der Waals surface area contributed by atoms with E-state index in [1.54, 1.807) is 12.1 Å². The molecule has 3 rings (SSSR count). The number of hydrogen-bond acceptors (Lipinski definition) is 4. The summed E-state index contributed by atoms with van der Waals surface area (Å²) in [7, 11) is 0. The number of pyridine rings is 1.